The second-order valence-corrected chi connectivity index (χ2v) is 8.48. The van der Waals surface area contributed by atoms with Gasteiger partial charge in [0.15, 0.2) is 5.13 Å². The number of pyridine rings is 1. The third-order valence-corrected chi connectivity index (χ3v) is 6.17. The summed E-state index contributed by atoms with van der Waals surface area (Å²) in [6.45, 7) is 5.39. The van der Waals surface area contributed by atoms with Crippen LogP contribution in [0.5, 0.6) is 0 Å². The van der Waals surface area contributed by atoms with Crippen LogP contribution >= 0.6 is 11.3 Å². The third kappa shape index (κ3) is 3.67. The van der Waals surface area contributed by atoms with E-state index < -0.39 is 0 Å². The molecule has 1 atom stereocenters. The molecule has 28 heavy (non-hydrogen) atoms. The van der Waals surface area contributed by atoms with Gasteiger partial charge in [0, 0.05) is 18.8 Å². The summed E-state index contributed by atoms with van der Waals surface area (Å²) in [6.07, 6.45) is 1.73. The molecule has 1 aliphatic heterocycles. The van der Waals surface area contributed by atoms with Gasteiger partial charge in [-0.05, 0) is 30.4 Å². The maximum atomic E-state index is 12.8. The summed E-state index contributed by atoms with van der Waals surface area (Å²) >= 11 is 1.49. The van der Waals surface area contributed by atoms with E-state index in [1.807, 2.05) is 55.1 Å². The molecule has 0 radical (unpaired) electrons. The van der Waals surface area contributed by atoms with Crippen LogP contribution in [0.1, 0.15) is 43.9 Å². The van der Waals surface area contributed by atoms with Crippen LogP contribution in [0.15, 0.2) is 41.2 Å². The second-order valence-electron chi connectivity index (χ2n) is 7.47. The number of thiazole rings is 1. The molecule has 1 saturated heterocycles. The van der Waals surface area contributed by atoms with Crippen molar-refractivity contribution in [3.8, 4) is 0 Å². The first-order valence-corrected chi connectivity index (χ1v) is 10.5. The summed E-state index contributed by atoms with van der Waals surface area (Å²) in [5.74, 6) is 0.253. The van der Waals surface area contributed by atoms with Gasteiger partial charge in [0.2, 0.25) is 5.91 Å². The molecule has 3 aromatic rings. The highest BCUT2D eigenvalue weighted by atomic mass is 32.1. The minimum Gasteiger partial charge on any atom is -0.350 e. The molecule has 0 bridgehead atoms. The van der Waals surface area contributed by atoms with Crippen LogP contribution in [0, 0.1) is 0 Å². The van der Waals surface area contributed by atoms with Crippen molar-refractivity contribution in [3.63, 3.8) is 0 Å². The molecule has 7 heteroatoms. The van der Waals surface area contributed by atoms with E-state index in [1.165, 1.54) is 11.3 Å². The number of fused-ring (bicyclic) bond motifs is 1. The third-order valence-electron chi connectivity index (χ3n) is 5.13. The van der Waals surface area contributed by atoms with Crippen LogP contribution in [0.25, 0.3) is 10.2 Å². The number of nitrogens with one attached hydrogen (secondary N) is 2. The molecule has 3 heterocycles. The number of hydrogen-bond donors (Lipinski definition) is 2. The molecule has 1 amide bonds. The Morgan fingerprint density at radius 1 is 1.36 bits per heavy atom. The van der Waals surface area contributed by atoms with E-state index in [4.69, 9.17) is 0 Å². The van der Waals surface area contributed by atoms with Gasteiger partial charge < -0.3 is 15.2 Å². The van der Waals surface area contributed by atoms with Crippen molar-refractivity contribution in [3.05, 3.63) is 58.0 Å². The van der Waals surface area contributed by atoms with Crippen molar-refractivity contribution in [2.45, 2.75) is 45.2 Å². The number of benzene rings is 1. The van der Waals surface area contributed by atoms with E-state index in [0.29, 0.717) is 12.1 Å². The lowest BCUT2D eigenvalue weighted by Crippen LogP contribution is -2.43. The smallest absolute Gasteiger partial charge is 0.275 e. The number of hydrogen-bond acceptors (Lipinski definition) is 5. The molecule has 146 valence electrons. The molecule has 6 nitrogen and oxygen atoms in total. The number of anilines is 1. The highest BCUT2D eigenvalue weighted by Crippen LogP contribution is 2.33. The van der Waals surface area contributed by atoms with E-state index in [-0.39, 0.29) is 23.4 Å². The summed E-state index contributed by atoms with van der Waals surface area (Å²) in [4.78, 5) is 34.7. The predicted molar refractivity (Wildman–Crippen MR) is 113 cm³/mol. The average molecular weight is 397 g/mol. The van der Waals surface area contributed by atoms with Crippen molar-refractivity contribution in [1.82, 2.24) is 15.3 Å². The monoisotopic (exact) mass is 396 g/mol. The fraction of sp³-hybridized carbons (Fsp3) is 0.381. The number of nitrogens with zero attached hydrogens (tertiary/aromatic N) is 2. The van der Waals surface area contributed by atoms with Gasteiger partial charge in [0.25, 0.3) is 5.56 Å². The summed E-state index contributed by atoms with van der Waals surface area (Å²) < 4.78 is 0.873. The molecule has 2 aromatic heterocycles. The lowest BCUT2D eigenvalue weighted by molar-refractivity contribution is -0.122. The topological polar surface area (TPSA) is 78.1 Å². The number of carbonyl (C=O) groups excluding carboxylic acids is 1. The van der Waals surface area contributed by atoms with E-state index >= 15 is 0 Å². The molecule has 0 unspecified atom stereocenters. The van der Waals surface area contributed by atoms with Crippen molar-refractivity contribution < 1.29 is 4.79 Å². The van der Waals surface area contributed by atoms with Crippen molar-refractivity contribution in [1.29, 1.82) is 0 Å². The second kappa shape index (κ2) is 7.75. The molecule has 0 spiro atoms. The summed E-state index contributed by atoms with van der Waals surface area (Å²) in [7, 11) is 0. The zero-order chi connectivity index (χ0) is 19.7. The Labute approximate surface area is 167 Å². The number of H-pyrrole nitrogens is 1. The van der Waals surface area contributed by atoms with Gasteiger partial charge in [-0.3, -0.25) is 9.59 Å². The van der Waals surface area contributed by atoms with Crippen molar-refractivity contribution in [2.75, 3.05) is 11.4 Å². The van der Waals surface area contributed by atoms with E-state index in [1.54, 1.807) is 0 Å². The Balaban J connectivity index is 1.55. The van der Waals surface area contributed by atoms with Crippen LogP contribution in [-0.2, 0) is 11.3 Å². The number of carbonyl (C=O) groups is 1. The van der Waals surface area contributed by atoms with Crippen LogP contribution in [0.4, 0.5) is 5.13 Å². The van der Waals surface area contributed by atoms with Gasteiger partial charge in [-0.2, -0.15) is 0 Å². The van der Waals surface area contributed by atoms with Gasteiger partial charge in [-0.25, -0.2) is 4.98 Å². The van der Waals surface area contributed by atoms with E-state index in [9.17, 15) is 9.59 Å². The molecule has 1 aliphatic rings. The van der Waals surface area contributed by atoms with Crippen LogP contribution in [-0.4, -0.2) is 28.5 Å². The zero-order valence-electron chi connectivity index (χ0n) is 16.1. The number of aromatic amines is 1. The Hall–Kier alpha value is -2.67. The Kier molecular flexibility index (Phi) is 5.17. The standard InChI is InChI=1S/C21H24N4O2S/c1-13(2)15-11-17-18(20(27)23-15)24-21(28-17)25-10-6-9-16(25)19(26)22-12-14-7-4-3-5-8-14/h3-5,7-8,11,13,16H,6,9-10,12H2,1-2H3,(H,22,26)(H,23,27)/t16-/m1/s1. The average Bonchev–Trinajstić information content (AvgIpc) is 3.33. The predicted octanol–water partition coefficient (Wildman–Crippen LogP) is 3.39. The highest BCUT2D eigenvalue weighted by Gasteiger charge is 2.32. The summed E-state index contributed by atoms with van der Waals surface area (Å²) in [5, 5.41) is 3.79. The number of amides is 1. The maximum absolute atomic E-state index is 12.8. The van der Waals surface area contributed by atoms with Gasteiger partial charge >= 0.3 is 0 Å². The fourth-order valence-electron chi connectivity index (χ4n) is 3.55. The minimum atomic E-state index is -0.243. The molecule has 0 saturated carbocycles. The largest absolute Gasteiger partial charge is 0.350 e. The number of rotatable bonds is 5. The Bertz CT molecular complexity index is 1040. The SMILES string of the molecule is CC(C)c1cc2sc(N3CCC[C@@H]3C(=O)NCc3ccccc3)nc2c(=O)[nH]1. The van der Waals surface area contributed by atoms with Gasteiger partial charge in [-0.1, -0.05) is 55.5 Å². The first kappa shape index (κ1) is 18.7. The van der Waals surface area contributed by atoms with Crippen LogP contribution in [0.3, 0.4) is 0 Å². The zero-order valence-corrected chi connectivity index (χ0v) is 16.9. The molecule has 4 rings (SSSR count). The minimum absolute atomic E-state index is 0.0115. The maximum Gasteiger partial charge on any atom is 0.275 e. The summed E-state index contributed by atoms with van der Waals surface area (Å²) in [5.41, 5.74) is 2.28. The number of aromatic nitrogens is 2. The fourth-order valence-corrected chi connectivity index (χ4v) is 4.64. The Morgan fingerprint density at radius 2 is 2.14 bits per heavy atom. The lowest BCUT2D eigenvalue weighted by atomic mass is 10.1. The first-order chi connectivity index (χ1) is 13.5. The quantitative estimate of drug-likeness (QED) is 0.693. The molecular weight excluding hydrogens is 372 g/mol. The molecule has 1 aromatic carbocycles. The molecule has 2 N–H and O–H groups in total. The van der Waals surface area contributed by atoms with Gasteiger partial charge in [-0.15, -0.1) is 0 Å². The Morgan fingerprint density at radius 3 is 2.89 bits per heavy atom. The normalized spacial score (nSPS) is 16.8. The summed E-state index contributed by atoms with van der Waals surface area (Å²) in [6, 6.07) is 11.7. The van der Waals surface area contributed by atoms with Gasteiger partial charge in [0.05, 0.1) is 4.70 Å². The van der Waals surface area contributed by atoms with E-state index in [0.717, 1.165) is 40.5 Å². The first-order valence-electron chi connectivity index (χ1n) is 9.65. The molecule has 0 aliphatic carbocycles. The molecule has 1 fully saturated rings. The lowest BCUT2D eigenvalue weighted by Gasteiger charge is -2.23. The molecular formula is C21H24N4O2S. The van der Waals surface area contributed by atoms with Crippen LogP contribution < -0.4 is 15.8 Å². The van der Waals surface area contributed by atoms with Gasteiger partial charge in [0.1, 0.15) is 11.6 Å². The van der Waals surface area contributed by atoms with E-state index in [2.05, 4.69) is 15.3 Å². The van der Waals surface area contributed by atoms with Crippen LogP contribution in [0.2, 0.25) is 0 Å². The van der Waals surface area contributed by atoms with Crippen molar-refractivity contribution in [2.24, 2.45) is 0 Å². The van der Waals surface area contributed by atoms with Crippen molar-refractivity contribution >= 4 is 32.6 Å². The highest BCUT2D eigenvalue weighted by molar-refractivity contribution is 7.22.